The fraction of sp³-hybridized carbons (Fsp3) is 0.625. The van der Waals surface area contributed by atoms with Crippen LogP contribution in [0.2, 0.25) is 0 Å². The van der Waals surface area contributed by atoms with E-state index >= 15 is 0 Å². The second-order valence-electron chi connectivity index (χ2n) is 5.49. The minimum atomic E-state index is 0. The highest BCUT2D eigenvalue weighted by Crippen LogP contribution is 2.40. The largest absolute Gasteiger partial charge is 1.00 e. The van der Waals surface area contributed by atoms with Gasteiger partial charge in [-0.1, -0.05) is 0 Å². The Labute approximate surface area is 134 Å². The van der Waals surface area contributed by atoms with E-state index in [1.807, 2.05) is 0 Å². The summed E-state index contributed by atoms with van der Waals surface area (Å²) in [7, 11) is 5.60. The molecule has 4 nitrogen and oxygen atoms in total. The van der Waals surface area contributed by atoms with E-state index in [0.717, 1.165) is 42.1 Å². The quantitative estimate of drug-likeness (QED) is 0.702. The summed E-state index contributed by atoms with van der Waals surface area (Å²) < 4.78 is 17.8. The Bertz CT molecular complexity index is 475. The van der Waals surface area contributed by atoms with Gasteiger partial charge in [-0.15, -0.1) is 0 Å². The lowest BCUT2D eigenvalue weighted by atomic mass is 9.98. The van der Waals surface area contributed by atoms with E-state index in [-0.39, 0.29) is 18.6 Å². The molecule has 0 saturated heterocycles. The fourth-order valence-corrected chi connectivity index (χ4v) is 2.82. The van der Waals surface area contributed by atoms with E-state index in [1.165, 1.54) is 11.1 Å². The standard InChI is InChI=1S/C16H26NO3.ClH/c1-6-17(3,7-2)16-13-11-15(19-5)14(18-4)10-12(13)8-9-20-16;/h10-11,16H,6-9H2,1-5H3;1H/q+1;/p-1. The normalized spacial score (nSPS) is 17.7. The van der Waals surface area contributed by atoms with E-state index in [1.54, 1.807) is 14.2 Å². The van der Waals surface area contributed by atoms with Crippen LogP contribution < -0.4 is 21.9 Å². The van der Waals surface area contributed by atoms with Crippen LogP contribution in [-0.4, -0.2) is 45.4 Å². The van der Waals surface area contributed by atoms with Gasteiger partial charge in [-0.05, 0) is 38.0 Å². The monoisotopic (exact) mass is 315 g/mol. The maximum atomic E-state index is 6.10. The summed E-state index contributed by atoms with van der Waals surface area (Å²) in [6, 6.07) is 4.18. The molecule has 0 aromatic heterocycles. The highest BCUT2D eigenvalue weighted by atomic mass is 35.5. The molecule has 1 unspecified atom stereocenters. The van der Waals surface area contributed by atoms with E-state index in [4.69, 9.17) is 14.2 Å². The lowest BCUT2D eigenvalue weighted by Crippen LogP contribution is -3.00. The van der Waals surface area contributed by atoms with Crippen LogP contribution in [0.4, 0.5) is 0 Å². The summed E-state index contributed by atoms with van der Waals surface area (Å²) in [5.74, 6) is 1.58. The zero-order chi connectivity index (χ0) is 14.8. The maximum absolute atomic E-state index is 6.10. The first-order valence-corrected chi connectivity index (χ1v) is 7.30. The molecule has 1 aromatic rings. The molecule has 0 N–H and O–H groups in total. The van der Waals surface area contributed by atoms with Crippen LogP contribution in [0, 0.1) is 0 Å². The number of quaternary nitrogens is 1. The summed E-state index contributed by atoms with van der Waals surface area (Å²) in [6.07, 6.45) is 1.01. The minimum Gasteiger partial charge on any atom is -1.00 e. The fourth-order valence-electron chi connectivity index (χ4n) is 2.82. The predicted molar refractivity (Wildman–Crippen MR) is 79.2 cm³/mol. The molecule has 1 aliphatic rings. The number of fused-ring (bicyclic) bond motifs is 1. The molecule has 1 heterocycles. The zero-order valence-corrected chi connectivity index (χ0v) is 14.4. The van der Waals surface area contributed by atoms with Crippen molar-refractivity contribution in [2.24, 2.45) is 0 Å². The van der Waals surface area contributed by atoms with E-state index < -0.39 is 0 Å². The van der Waals surface area contributed by atoms with Gasteiger partial charge in [0, 0.05) is 5.56 Å². The second-order valence-corrected chi connectivity index (χ2v) is 5.49. The van der Waals surface area contributed by atoms with Gasteiger partial charge in [0.1, 0.15) is 0 Å². The summed E-state index contributed by atoms with van der Waals surface area (Å²) in [5, 5.41) is 0. The summed E-state index contributed by atoms with van der Waals surface area (Å²) in [4.78, 5) is 0. The number of ether oxygens (including phenoxy) is 3. The zero-order valence-electron chi connectivity index (χ0n) is 13.6. The molecule has 1 aromatic carbocycles. The molecular weight excluding hydrogens is 290 g/mol. The molecule has 0 fully saturated rings. The summed E-state index contributed by atoms with van der Waals surface area (Å²) >= 11 is 0. The van der Waals surface area contributed by atoms with Gasteiger partial charge < -0.3 is 26.6 Å². The van der Waals surface area contributed by atoms with Crippen LogP contribution in [-0.2, 0) is 11.2 Å². The van der Waals surface area contributed by atoms with Crippen molar-refractivity contribution in [3.05, 3.63) is 23.3 Å². The van der Waals surface area contributed by atoms with Crippen molar-refractivity contribution in [1.29, 1.82) is 0 Å². The van der Waals surface area contributed by atoms with Gasteiger partial charge in [-0.2, -0.15) is 0 Å². The van der Waals surface area contributed by atoms with E-state index in [2.05, 4.69) is 33.0 Å². The third kappa shape index (κ3) is 3.28. The molecule has 0 aliphatic carbocycles. The molecule has 2 rings (SSSR count). The van der Waals surface area contributed by atoms with Crippen LogP contribution in [0.3, 0.4) is 0 Å². The first-order chi connectivity index (χ1) is 9.59. The first-order valence-electron chi connectivity index (χ1n) is 7.30. The van der Waals surface area contributed by atoms with E-state index in [0.29, 0.717) is 0 Å². The van der Waals surface area contributed by atoms with Crippen LogP contribution in [0.1, 0.15) is 31.2 Å². The molecule has 0 saturated carbocycles. The van der Waals surface area contributed by atoms with Crippen molar-refractivity contribution in [3.63, 3.8) is 0 Å². The highest BCUT2D eigenvalue weighted by Gasteiger charge is 2.36. The molecule has 1 atom stereocenters. The Morgan fingerprint density at radius 2 is 1.71 bits per heavy atom. The van der Waals surface area contributed by atoms with E-state index in [9.17, 15) is 0 Å². The van der Waals surface area contributed by atoms with Gasteiger partial charge in [-0.25, -0.2) is 0 Å². The van der Waals surface area contributed by atoms with Gasteiger partial charge in [0.25, 0.3) is 0 Å². The number of rotatable bonds is 5. The first kappa shape index (κ1) is 18.1. The average molecular weight is 316 g/mol. The Morgan fingerprint density at radius 3 is 2.24 bits per heavy atom. The van der Waals surface area contributed by atoms with Crippen LogP contribution >= 0.6 is 0 Å². The molecule has 0 bridgehead atoms. The van der Waals surface area contributed by atoms with Crippen LogP contribution in [0.15, 0.2) is 12.1 Å². The second kappa shape index (κ2) is 7.34. The van der Waals surface area contributed by atoms with Gasteiger partial charge in [0.05, 0.1) is 41.0 Å². The van der Waals surface area contributed by atoms with Crippen molar-refractivity contribution in [2.75, 3.05) is 41.0 Å². The number of methoxy groups -OCH3 is 2. The number of benzene rings is 1. The molecular formula is C16H26ClNO3. The summed E-state index contributed by atoms with van der Waals surface area (Å²) in [5.41, 5.74) is 2.55. The molecule has 120 valence electrons. The number of hydrogen-bond donors (Lipinski definition) is 0. The van der Waals surface area contributed by atoms with Gasteiger partial charge in [0.15, 0.2) is 11.5 Å². The molecule has 0 radical (unpaired) electrons. The molecule has 0 spiro atoms. The van der Waals surface area contributed by atoms with Crippen molar-refractivity contribution < 1.29 is 31.1 Å². The Hall–Kier alpha value is -0.970. The Balaban J connectivity index is 0.00000220. The minimum absolute atomic E-state index is 0. The number of nitrogens with zero attached hydrogens (tertiary/aromatic N) is 1. The predicted octanol–water partition coefficient (Wildman–Crippen LogP) is -0.234. The SMILES string of the molecule is CC[N+](C)(CC)C1OCCc2cc(OC)c(OC)cc21.[Cl-]. The molecule has 1 aliphatic heterocycles. The van der Waals surface area contributed by atoms with Crippen molar-refractivity contribution in [2.45, 2.75) is 26.5 Å². The van der Waals surface area contributed by atoms with Crippen molar-refractivity contribution in [3.8, 4) is 11.5 Å². The maximum Gasteiger partial charge on any atom is 0.220 e. The molecule has 0 amide bonds. The van der Waals surface area contributed by atoms with Crippen molar-refractivity contribution in [1.82, 2.24) is 0 Å². The Morgan fingerprint density at radius 1 is 1.14 bits per heavy atom. The van der Waals surface area contributed by atoms with Gasteiger partial charge in [-0.3, -0.25) is 4.48 Å². The average Bonchev–Trinajstić information content (AvgIpc) is 2.51. The third-order valence-corrected chi connectivity index (χ3v) is 4.57. The van der Waals surface area contributed by atoms with Crippen molar-refractivity contribution >= 4 is 0 Å². The smallest absolute Gasteiger partial charge is 0.220 e. The molecule has 21 heavy (non-hydrogen) atoms. The molecule has 5 heteroatoms. The highest BCUT2D eigenvalue weighted by molar-refractivity contribution is 5.48. The third-order valence-electron chi connectivity index (χ3n) is 4.57. The van der Waals surface area contributed by atoms with Crippen LogP contribution in [0.5, 0.6) is 11.5 Å². The summed E-state index contributed by atoms with van der Waals surface area (Å²) in [6.45, 7) is 7.26. The lowest BCUT2D eigenvalue weighted by molar-refractivity contribution is -0.959. The van der Waals surface area contributed by atoms with Gasteiger partial charge >= 0.3 is 0 Å². The Kier molecular flexibility index (Phi) is 6.32. The topological polar surface area (TPSA) is 27.7 Å². The van der Waals surface area contributed by atoms with Crippen LogP contribution in [0.25, 0.3) is 0 Å². The van der Waals surface area contributed by atoms with Gasteiger partial charge in [0.2, 0.25) is 6.23 Å². The number of halogens is 1. The number of hydrogen-bond acceptors (Lipinski definition) is 3. The lowest BCUT2D eigenvalue weighted by Gasteiger charge is -2.42.